The van der Waals surface area contributed by atoms with Crippen LogP contribution in [0.25, 0.3) is 10.9 Å². The fourth-order valence-electron chi connectivity index (χ4n) is 5.06. The van der Waals surface area contributed by atoms with Gasteiger partial charge in [0.15, 0.2) is 11.6 Å². The smallest absolute Gasteiger partial charge is 0.280 e. The summed E-state index contributed by atoms with van der Waals surface area (Å²) in [6, 6.07) is 17.1. The Morgan fingerprint density at radius 2 is 1.73 bits per heavy atom. The summed E-state index contributed by atoms with van der Waals surface area (Å²) in [6.45, 7) is 4.79. The molecule has 0 saturated heterocycles. The Morgan fingerprint density at radius 3 is 2.44 bits per heavy atom. The van der Waals surface area contributed by atoms with Crippen molar-refractivity contribution < 1.29 is 13.6 Å². The molecule has 2 heterocycles. The molecular formula is C34H33F2N7O2. The van der Waals surface area contributed by atoms with Crippen LogP contribution < -0.4 is 16.2 Å². The lowest BCUT2D eigenvalue weighted by Gasteiger charge is -2.11. The number of aromatic nitrogens is 4. The number of nitrogens with one attached hydrogen (secondary N) is 2. The predicted molar refractivity (Wildman–Crippen MR) is 170 cm³/mol. The third-order valence-corrected chi connectivity index (χ3v) is 7.19. The Morgan fingerprint density at radius 1 is 0.978 bits per heavy atom. The van der Waals surface area contributed by atoms with Crippen LogP contribution in [0.5, 0.6) is 0 Å². The molecule has 5 aromatic rings. The Kier molecular flexibility index (Phi) is 9.35. The second-order valence-corrected chi connectivity index (χ2v) is 10.8. The summed E-state index contributed by atoms with van der Waals surface area (Å²) in [5.41, 5.74) is 3.92. The lowest BCUT2D eigenvalue weighted by molar-refractivity contribution is 0.0956. The number of fused-ring (bicyclic) bond motifs is 1. The van der Waals surface area contributed by atoms with Gasteiger partial charge in [-0.25, -0.2) is 23.4 Å². The van der Waals surface area contributed by atoms with Crippen molar-refractivity contribution in [1.82, 2.24) is 29.5 Å². The minimum Gasteiger partial charge on any atom is -0.341 e. The van der Waals surface area contributed by atoms with E-state index in [-0.39, 0.29) is 18.7 Å². The molecule has 0 aliphatic rings. The molecule has 11 heteroatoms. The van der Waals surface area contributed by atoms with E-state index in [1.165, 1.54) is 16.3 Å². The van der Waals surface area contributed by atoms with Crippen molar-refractivity contribution >= 4 is 28.4 Å². The fraction of sp³-hybridized carbons (Fsp3) is 0.235. The summed E-state index contributed by atoms with van der Waals surface area (Å²) in [7, 11) is 4.06. The number of nitrogens with zero attached hydrogens (tertiary/aromatic N) is 5. The van der Waals surface area contributed by atoms with Gasteiger partial charge in [-0.05, 0) is 81.5 Å². The first kappa shape index (κ1) is 31.1. The van der Waals surface area contributed by atoms with Gasteiger partial charge in [-0.15, -0.1) is 0 Å². The van der Waals surface area contributed by atoms with E-state index >= 15 is 0 Å². The maximum Gasteiger partial charge on any atom is 0.280 e. The summed E-state index contributed by atoms with van der Waals surface area (Å²) in [5, 5.41) is 6.74. The third kappa shape index (κ3) is 7.25. The molecule has 1 amide bonds. The van der Waals surface area contributed by atoms with Crippen molar-refractivity contribution in [3.05, 3.63) is 117 Å². The predicted octanol–water partition coefficient (Wildman–Crippen LogP) is 4.83. The lowest BCUT2D eigenvalue weighted by Crippen LogP contribution is -2.31. The lowest BCUT2D eigenvalue weighted by atomic mass is 10.1. The molecule has 0 saturated carbocycles. The first-order valence-corrected chi connectivity index (χ1v) is 14.4. The molecule has 9 nitrogen and oxygen atoms in total. The van der Waals surface area contributed by atoms with Crippen molar-refractivity contribution in [3.8, 4) is 11.8 Å². The summed E-state index contributed by atoms with van der Waals surface area (Å²) >= 11 is 0. The van der Waals surface area contributed by atoms with Gasteiger partial charge in [0.25, 0.3) is 11.5 Å². The minimum absolute atomic E-state index is 0.00875. The first-order valence-electron chi connectivity index (χ1n) is 14.4. The third-order valence-electron chi connectivity index (χ3n) is 7.19. The first-order chi connectivity index (χ1) is 21.6. The highest BCUT2D eigenvalue weighted by Gasteiger charge is 2.22. The highest BCUT2D eigenvalue weighted by atomic mass is 19.2. The van der Waals surface area contributed by atoms with Crippen LogP contribution in [-0.4, -0.2) is 50.8 Å². The van der Waals surface area contributed by atoms with Gasteiger partial charge >= 0.3 is 0 Å². The Balaban J connectivity index is 1.23. The summed E-state index contributed by atoms with van der Waals surface area (Å²) in [4.78, 5) is 37.3. The van der Waals surface area contributed by atoms with E-state index < -0.39 is 23.1 Å². The molecule has 3 aromatic carbocycles. The molecule has 0 bridgehead atoms. The van der Waals surface area contributed by atoms with E-state index in [0.29, 0.717) is 23.8 Å². The van der Waals surface area contributed by atoms with Crippen molar-refractivity contribution in [1.29, 1.82) is 0 Å². The second kappa shape index (κ2) is 13.5. The van der Waals surface area contributed by atoms with Crippen LogP contribution in [0.15, 0.2) is 71.7 Å². The van der Waals surface area contributed by atoms with Gasteiger partial charge in [-0.2, -0.15) is 0 Å². The van der Waals surface area contributed by atoms with E-state index in [9.17, 15) is 18.4 Å². The maximum absolute atomic E-state index is 13.7. The number of carbonyl (C=O) groups is 1. The average Bonchev–Trinajstić information content (AvgIpc) is 3.25. The van der Waals surface area contributed by atoms with Gasteiger partial charge in [0.1, 0.15) is 5.56 Å². The molecule has 5 rings (SSSR count). The summed E-state index contributed by atoms with van der Waals surface area (Å²) in [5.74, 6) is 3.91. The van der Waals surface area contributed by atoms with Crippen molar-refractivity contribution in [2.24, 2.45) is 0 Å². The van der Waals surface area contributed by atoms with Crippen LogP contribution in [0.4, 0.5) is 20.4 Å². The van der Waals surface area contributed by atoms with Gasteiger partial charge in [-0.3, -0.25) is 14.3 Å². The zero-order valence-corrected chi connectivity index (χ0v) is 25.5. The number of rotatable bonds is 9. The van der Waals surface area contributed by atoms with Gasteiger partial charge in [-0.1, -0.05) is 30.0 Å². The van der Waals surface area contributed by atoms with E-state index in [1.54, 1.807) is 17.8 Å². The topological polar surface area (TPSA) is 97.1 Å². The molecule has 45 heavy (non-hydrogen) atoms. The summed E-state index contributed by atoms with van der Waals surface area (Å²) < 4.78 is 30.1. The molecule has 0 radical (unpaired) electrons. The molecular weight excluding hydrogens is 576 g/mol. The molecule has 230 valence electrons. The van der Waals surface area contributed by atoms with E-state index in [0.717, 1.165) is 40.8 Å². The average molecular weight is 610 g/mol. The molecule has 0 unspecified atom stereocenters. The van der Waals surface area contributed by atoms with Crippen LogP contribution in [0.2, 0.25) is 0 Å². The Hall–Kier alpha value is -5.34. The van der Waals surface area contributed by atoms with Crippen molar-refractivity contribution in [2.45, 2.75) is 33.5 Å². The van der Waals surface area contributed by atoms with Gasteiger partial charge in [0, 0.05) is 35.9 Å². The molecule has 0 fully saturated rings. The van der Waals surface area contributed by atoms with Crippen molar-refractivity contribution in [3.63, 3.8) is 0 Å². The van der Waals surface area contributed by atoms with Crippen LogP contribution >= 0.6 is 0 Å². The fourth-order valence-corrected chi connectivity index (χ4v) is 5.06. The van der Waals surface area contributed by atoms with Crippen LogP contribution in [-0.2, 0) is 19.6 Å². The Bertz CT molecular complexity index is 1990. The summed E-state index contributed by atoms with van der Waals surface area (Å²) in [6.07, 6.45) is 1.73. The van der Waals surface area contributed by atoms with Crippen LogP contribution in [0.3, 0.4) is 0 Å². The van der Waals surface area contributed by atoms with E-state index in [1.807, 2.05) is 51.4 Å². The number of benzene rings is 3. The monoisotopic (exact) mass is 609 g/mol. The number of carbonyl (C=O) groups excluding carboxylic acids is 1. The quantitative estimate of drug-likeness (QED) is 0.233. The largest absolute Gasteiger partial charge is 0.341 e. The van der Waals surface area contributed by atoms with Crippen LogP contribution in [0, 0.1) is 30.4 Å². The number of halogens is 2. The molecule has 0 spiro atoms. The number of amides is 1. The zero-order chi connectivity index (χ0) is 32.1. The highest BCUT2D eigenvalue weighted by Crippen LogP contribution is 2.19. The normalized spacial score (nSPS) is 11.0. The highest BCUT2D eigenvalue weighted by molar-refractivity contribution is 5.95. The second-order valence-electron chi connectivity index (χ2n) is 10.8. The molecule has 0 aliphatic heterocycles. The number of hydrogen-bond acceptors (Lipinski definition) is 6. The van der Waals surface area contributed by atoms with E-state index in [4.69, 9.17) is 0 Å². The molecule has 0 aliphatic carbocycles. The molecule has 0 atom stereocenters. The number of hydrogen-bond donors (Lipinski definition) is 2. The Labute approximate surface area is 259 Å². The van der Waals surface area contributed by atoms with Gasteiger partial charge in [0.2, 0.25) is 5.95 Å². The van der Waals surface area contributed by atoms with Gasteiger partial charge < -0.3 is 15.5 Å². The standard InChI is InChI=1S/C34H33F2N7O2/c1-5-42-22(2)31(33(45)43(42)21-25-10-14-28(35)29(36)18-25)32(44)37-16-6-7-23-11-15-30-26(17-23)19-38-34(40-30)39-27-12-8-24(9-13-27)20-41(3)4/h8-15,17-19H,5,16,20-21H2,1-4H3,(H,37,44)(H,38,39,40). The van der Waals surface area contributed by atoms with Gasteiger partial charge in [0.05, 0.1) is 24.3 Å². The van der Waals surface area contributed by atoms with Crippen molar-refractivity contribution in [2.75, 3.05) is 26.0 Å². The number of anilines is 2. The molecule has 2 aromatic heterocycles. The minimum atomic E-state index is -0.999. The molecule has 2 N–H and O–H groups in total. The SMILES string of the molecule is CCn1c(C)c(C(=O)NCC#Cc2ccc3nc(Nc4ccc(CN(C)C)cc4)ncc3c2)c(=O)n1Cc1ccc(F)c(F)c1. The zero-order valence-electron chi connectivity index (χ0n) is 25.5. The maximum atomic E-state index is 13.7. The van der Waals surface area contributed by atoms with E-state index in [2.05, 4.69) is 49.5 Å². The van der Waals surface area contributed by atoms with Crippen LogP contribution in [0.1, 0.15) is 39.7 Å².